The summed E-state index contributed by atoms with van der Waals surface area (Å²) in [7, 11) is -3.16. The largest absolute Gasteiger partial charge is 0.309 e. The molecule has 0 aliphatic carbocycles. The first kappa shape index (κ1) is 24.9. The number of benzene rings is 11. The van der Waals surface area contributed by atoms with Crippen LogP contribution < -0.4 is 20.7 Å². The normalized spacial score (nSPS) is 16.4. The predicted octanol–water partition coefficient (Wildman–Crippen LogP) is 14.8. The van der Waals surface area contributed by atoms with Crippen LogP contribution in [0.4, 0.5) is 0 Å². The third kappa shape index (κ3) is 6.47. The van der Waals surface area contributed by atoms with Crippen LogP contribution in [0.1, 0.15) is 30.2 Å². The zero-order chi connectivity index (χ0) is 66.2. The van der Waals surface area contributed by atoms with Gasteiger partial charge in [-0.15, -0.1) is 0 Å². The molecule has 0 spiro atoms. The number of halogens is 1. The van der Waals surface area contributed by atoms with E-state index in [-0.39, 0.29) is 76.3 Å². The molecule has 0 saturated carbocycles. The third-order valence-corrected chi connectivity index (χ3v) is 18.4. The zero-order valence-corrected chi connectivity index (χ0v) is 39.5. The Hall–Kier alpha value is -8.48. The van der Waals surface area contributed by atoms with Crippen LogP contribution in [0.15, 0.2) is 271 Å². The molecule has 14 rings (SSSR count). The fraction of sp³-hybridized carbons (Fsp3) is 0. The monoisotopic (exact) mass is 1010 g/mol. The second kappa shape index (κ2) is 16.6. The molecule has 0 unspecified atom stereocenters. The topological polar surface area (TPSA) is 14.8 Å². The van der Waals surface area contributed by atoms with E-state index < -0.39 is 152 Å². The molecule has 3 aromatic heterocycles. The van der Waals surface area contributed by atoms with Crippen LogP contribution in [0, 0.1) is 0 Å². The molecule has 11 aromatic carbocycles. The Labute approximate surface area is 451 Å². The molecule has 0 atom stereocenters. The summed E-state index contributed by atoms with van der Waals surface area (Å²) < 4.78 is 208. The first-order chi connectivity index (χ1) is 44.3. The van der Waals surface area contributed by atoms with Gasteiger partial charge in [0.2, 0.25) is 0 Å². The first-order valence-electron chi connectivity index (χ1n) is 33.5. The van der Waals surface area contributed by atoms with E-state index in [1.165, 1.54) is 15.2 Å². The molecule has 3 nitrogen and oxygen atoms in total. The Bertz CT molecular complexity index is 5410. The van der Waals surface area contributed by atoms with E-state index in [2.05, 4.69) is 52.3 Å². The second-order valence-electron chi connectivity index (χ2n) is 16.9. The van der Waals surface area contributed by atoms with E-state index in [9.17, 15) is 15.1 Å². The van der Waals surface area contributed by atoms with Gasteiger partial charge in [0.25, 0.3) is 0 Å². The standard InChI is InChI=1S/C66H44BrN3Si/c67-47-34-38-59-57-26-12-16-30-63(57)70(66(59)42-47)50-41-46(45-32-36-54(37-33-45)71(51-18-4-1-5-19-51,52-20-6-2-7-21-52)53-22-8-3-9-23-53)40-49(43-50)69-64-31-17-13-27-58(64)60-44-48(35-39-65(60)69)68-61-28-14-10-24-55(61)56-25-11-15-29-62(56)68/h1-44H/i10D,11D,12D,13D,14D,15D,16D,17D,24D,25D,26D,27D,28D,29D,30D,31D,34D,35D,38D,39D,42D,44D. The van der Waals surface area contributed by atoms with Crippen molar-refractivity contribution in [3.8, 4) is 28.2 Å². The SMILES string of the molecule is [2H]c1c([2H])c([2H])c2c(c1[2H])c1c([2H])c(-n3c4c([2H])c([2H])c([2H])c([2H])c4c4c([2H])c([2H])c([2H])c([2H])c43)c([2H])c([2H])c1n2-c1cc(-c2ccc([Si](c3ccccc3)(c3ccccc3)c3ccccc3)cc2)cc(-n2c3c([2H])c([2H])c([2H])c([2H])c3c3c([2H])c([2H])c(Br)c([2H])c32)c1. The summed E-state index contributed by atoms with van der Waals surface area (Å²) in [5.41, 5.74) is -1.69. The third-order valence-electron chi connectivity index (χ3n) is 13.2. The van der Waals surface area contributed by atoms with Crippen molar-refractivity contribution in [2.75, 3.05) is 0 Å². The minimum Gasteiger partial charge on any atom is -0.309 e. The van der Waals surface area contributed by atoms with Crippen molar-refractivity contribution < 1.29 is 30.2 Å². The summed E-state index contributed by atoms with van der Waals surface area (Å²) in [6.07, 6.45) is 0. The van der Waals surface area contributed by atoms with Crippen LogP contribution in [0.2, 0.25) is 0 Å². The Balaban J connectivity index is 1.15. The minimum absolute atomic E-state index is 0.0250. The molecule has 334 valence electrons. The average Bonchev–Trinajstić information content (AvgIpc) is 1.50. The lowest BCUT2D eigenvalue weighted by molar-refractivity contribution is 1.13. The van der Waals surface area contributed by atoms with Gasteiger partial charge >= 0.3 is 0 Å². The summed E-state index contributed by atoms with van der Waals surface area (Å²) in [4.78, 5) is 0. The highest BCUT2D eigenvalue weighted by Gasteiger charge is 2.41. The molecule has 71 heavy (non-hydrogen) atoms. The van der Waals surface area contributed by atoms with Gasteiger partial charge < -0.3 is 13.7 Å². The van der Waals surface area contributed by atoms with Crippen LogP contribution in [0.25, 0.3) is 93.6 Å². The molecule has 14 aromatic rings. The molecule has 0 radical (unpaired) electrons. The van der Waals surface area contributed by atoms with Crippen LogP contribution in [0.5, 0.6) is 0 Å². The van der Waals surface area contributed by atoms with E-state index >= 15 is 0 Å². The number of nitrogens with zero attached hydrogens (tertiary/aromatic N) is 3. The Morgan fingerprint density at radius 2 is 0.704 bits per heavy atom. The van der Waals surface area contributed by atoms with Crippen molar-refractivity contribution >= 4 is 110 Å². The lowest BCUT2D eigenvalue weighted by Gasteiger charge is -2.34. The van der Waals surface area contributed by atoms with Gasteiger partial charge in [0.05, 0.1) is 63.3 Å². The first-order valence-corrected chi connectivity index (χ1v) is 25.3. The van der Waals surface area contributed by atoms with Crippen molar-refractivity contribution in [1.82, 2.24) is 13.7 Å². The fourth-order valence-corrected chi connectivity index (χ4v) is 15.3. The van der Waals surface area contributed by atoms with Crippen molar-refractivity contribution in [3.05, 3.63) is 271 Å². The number of para-hydroxylation sites is 4. The lowest BCUT2D eigenvalue weighted by Crippen LogP contribution is -2.74. The zero-order valence-electron chi connectivity index (χ0n) is 58.9. The van der Waals surface area contributed by atoms with Crippen molar-refractivity contribution in [2.24, 2.45) is 0 Å². The number of aromatic nitrogens is 3. The summed E-state index contributed by atoms with van der Waals surface area (Å²) >= 11 is 3.35. The van der Waals surface area contributed by atoms with Gasteiger partial charge in [0.1, 0.15) is 0 Å². The van der Waals surface area contributed by atoms with Gasteiger partial charge in [-0.05, 0) is 104 Å². The number of hydrogen-bond acceptors (Lipinski definition) is 0. The fourth-order valence-electron chi connectivity index (χ4n) is 10.3. The highest BCUT2D eigenvalue weighted by atomic mass is 79.9. The Kier molecular flexibility index (Phi) is 5.81. The smallest absolute Gasteiger partial charge is 0.179 e. The van der Waals surface area contributed by atoms with Crippen molar-refractivity contribution in [1.29, 1.82) is 0 Å². The lowest BCUT2D eigenvalue weighted by atomic mass is 10.0. The van der Waals surface area contributed by atoms with E-state index in [1.807, 2.05) is 78.9 Å². The van der Waals surface area contributed by atoms with Gasteiger partial charge in [-0.25, -0.2) is 0 Å². The van der Waals surface area contributed by atoms with Crippen molar-refractivity contribution in [2.45, 2.75) is 0 Å². The minimum atomic E-state index is -3.16. The molecule has 0 saturated heterocycles. The highest BCUT2D eigenvalue weighted by molar-refractivity contribution is 9.10. The average molecular weight is 1010 g/mol. The quantitative estimate of drug-likeness (QED) is 0.106. The molecule has 3 heterocycles. The van der Waals surface area contributed by atoms with Crippen LogP contribution in [0.3, 0.4) is 0 Å². The summed E-state index contributed by atoms with van der Waals surface area (Å²) in [5, 5.41) is 2.39. The van der Waals surface area contributed by atoms with Crippen LogP contribution in [-0.4, -0.2) is 21.8 Å². The maximum Gasteiger partial charge on any atom is 0.179 e. The Morgan fingerprint density at radius 1 is 0.310 bits per heavy atom. The van der Waals surface area contributed by atoms with Gasteiger partial charge in [-0.1, -0.05) is 210 Å². The number of fused-ring (bicyclic) bond motifs is 9. The predicted molar refractivity (Wildman–Crippen MR) is 306 cm³/mol. The molecule has 0 fully saturated rings. The highest BCUT2D eigenvalue weighted by Crippen LogP contribution is 2.40. The summed E-state index contributed by atoms with van der Waals surface area (Å²) in [6, 6.07) is 28.2. The van der Waals surface area contributed by atoms with E-state index in [4.69, 9.17) is 15.1 Å². The van der Waals surface area contributed by atoms with E-state index in [0.29, 0.717) is 11.1 Å². The second-order valence-corrected chi connectivity index (χ2v) is 21.5. The van der Waals surface area contributed by atoms with Crippen molar-refractivity contribution in [3.63, 3.8) is 0 Å². The van der Waals surface area contributed by atoms with Gasteiger partial charge in [0.15, 0.2) is 8.07 Å². The van der Waals surface area contributed by atoms with Crippen LogP contribution >= 0.6 is 15.9 Å². The summed E-state index contributed by atoms with van der Waals surface area (Å²) in [5.74, 6) is 0. The maximum atomic E-state index is 10.3. The number of rotatable bonds is 8. The maximum absolute atomic E-state index is 10.3. The molecule has 0 N–H and O–H groups in total. The van der Waals surface area contributed by atoms with Gasteiger partial charge in [0, 0.05) is 53.9 Å². The summed E-state index contributed by atoms with van der Waals surface area (Å²) in [6.45, 7) is 0. The van der Waals surface area contributed by atoms with E-state index in [0.717, 1.165) is 25.3 Å². The van der Waals surface area contributed by atoms with Gasteiger partial charge in [-0.3, -0.25) is 0 Å². The van der Waals surface area contributed by atoms with E-state index in [1.54, 1.807) is 12.1 Å². The molecule has 0 aliphatic heterocycles. The molecular weight excluding hydrogens is 943 g/mol. The number of hydrogen-bond donors (Lipinski definition) is 0. The Morgan fingerprint density at radius 3 is 1.20 bits per heavy atom. The molecular formula is C66H44BrN3Si. The molecule has 0 amide bonds. The van der Waals surface area contributed by atoms with Crippen LogP contribution in [-0.2, 0) is 0 Å². The molecule has 0 bridgehead atoms. The van der Waals surface area contributed by atoms with Gasteiger partial charge in [-0.2, -0.15) is 0 Å². The molecule has 0 aliphatic rings. The molecule has 5 heteroatoms.